The third kappa shape index (κ3) is 2.54. The number of aliphatic hydroxyl groups excluding tert-OH is 1. The Kier molecular flexibility index (Phi) is 4.54. The van der Waals surface area contributed by atoms with E-state index in [1.165, 1.54) is 0 Å². The summed E-state index contributed by atoms with van der Waals surface area (Å²) >= 11 is 6.37. The zero-order valence-corrected chi connectivity index (χ0v) is 12.7. The Morgan fingerprint density at radius 1 is 1.47 bits per heavy atom. The van der Waals surface area contributed by atoms with Gasteiger partial charge in [0.25, 0.3) is 0 Å². The van der Waals surface area contributed by atoms with Gasteiger partial charge in [-0.2, -0.15) is 5.10 Å². The summed E-state index contributed by atoms with van der Waals surface area (Å²) in [6.07, 6.45) is 3.76. The van der Waals surface area contributed by atoms with Crippen molar-refractivity contribution in [1.29, 1.82) is 0 Å². The lowest BCUT2D eigenvalue weighted by atomic mass is 9.74. The molecule has 1 aliphatic carbocycles. The fourth-order valence-corrected chi connectivity index (χ4v) is 3.13. The molecule has 4 nitrogen and oxygen atoms in total. The van der Waals surface area contributed by atoms with Gasteiger partial charge in [-0.15, -0.1) is 0 Å². The Hall–Kier alpha value is -0.580. The maximum absolute atomic E-state index is 10.5. The van der Waals surface area contributed by atoms with Crippen molar-refractivity contribution in [1.82, 2.24) is 9.78 Å². The quantitative estimate of drug-likeness (QED) is 0.874. The molecule has 0 spiro atoms. The maximum Gasteiger partial charge on any atom is 0.0940 e. The number of methoxy groups -OCH3 is 1. The van der Waals surface area contributed by atoms with E-state index in [-0.39, 0.29) is 5.60 Å². The molecular weight excluding hydrogens is 264 g/mol. The highest BCUT2D eigenvalue weighted by Gasteiger charge is 2.44. The largest absolute Gasteiger partial charge is 0.390 e. The average Bonchev–Trinajstić information content (AvgIpc) is 2.65. The SMILES string of the molecule is CCc1nn(CC)c(CC(O)C2(OC)CCC2)c1Cl. The summed E-state index contributed by atoms with van der Waals surface area (Å²) in [4.78, 5) is 0. The second kappa shape index (κ2) is 5.81. The predicted octanol–water partition coefficient (Wildman–Crippen LogP) is 2.59. The van der Waals surface area contributed by atoms with Crippen LogP contribution in [-0.4, -0.2) is 33.7 Å². The predicted molar refractivity (Wildman–Crippen MR) is 75.6 cm³/mol. The highest BCUT2D eigenvalue weighted by molar-refractivity contribution is 6.31. The lowest BCUT2D eigenvalue weighted by Crippen LogP contribution is -2.51. The van der Waals surface area contributed by atoms with Crippen LogP contribution >= 0.6 is 11.6 Å². The Morgan fingerprint density at radius 3 is 2.58 bits per heavy atom. The van der Waals surface area contributed by atoms with Gasteiger partial charge < -0.3 is 9.84 Å². The van der Waals surface area contributed by atoms with Gasteiger partial charge in [0.1, 0.15) is 0 Å². The van der Waals surface area contributed by atoms with Gasteiger partial charge in [0.2, 0.25) is 0 Å². The van der Waals surface area contributed by atoms with Crippen molar-refractivity contribution in [2.75, 3.05) is 7.11 Å². The van der Waals surface area contributed by atoms with Crippen LogP contribution in [0.25, 0.3) is 0 Å². The van der Waals surface area contributed by atoms with Crippen LogP contribution in [0.2, 0.25) is 5.02 Å². The third-order valence-electron chi connectivity index (χ3n) is 4.29. The molecule has 19 heavy (non-hydrogen) atoms. The van der Waals surface area contributed by atoms with E-state index in [4.69, 9.17) is 16.3 Å². The minimum Gasteiger partial charge on any atom is -0.390 e. The van der Waals surface area contributed by atoms with Crippen LogP contribution < -0.4 is 0 Å². The lowest BCUT2D eigenvalue weighted by Gasteiger charge is -2.44. The van der Waals surface area contributed by atoms with Crippen LogP contribution in [-0.2, 0) is 24.1 Å². The molecule has 108 valence electrons. The molecule has 1 aliphatic rings. The highest BCUT2D eigenvalue weighted by atomic mass is 35.5. The Morgan fingerprint density at radius 2 is 2.16 bits per heavy atom. The summed E-state index contributed by atoms with van der Waals surface area (Å²) in [7, 11) is 1.68. The molecule has 0 aromatic carbocycles. The van der Waals surface area contributed by atoms with Gasteiger partial charge in [-0.3, -0.25) is 4.68 Å². The van der Waals surface area contributed by atoms with Crippen LogP contribution in [0.1, 0.15) is 44.5 Å². The van der Waals surface area contributed by atoms with Gasteiger partial charge in [0.15, 0.2) is 0 Å². The van der Waals surface area contributed by atoms with E-state index in [0.717, 1.165) is 43.6 Å². The Bertz CT molecular complexity index is 435. The molecular formula is C14H23ClN2O2. The van der Waals surface area contributed by atoms with E-state index in [0.29, 0.717) is 11.4 Å². The number of aliphatic hydroxyl groups is 1. The molecule has 1 aromatic rings. The number of aryl methyl sites for hydroxylation is 2. The van der Waals surface area contributed by atoms with E-state index in [2.05, 4.69) is 5.10 Å². The normalized spacial score (nSPS) is 19.2. The molecule has 0 aliphatic heterocycles. The van der Waals surface area contributed by atoms with Gasteiger partial charge in [-0.25, -0.2) is 0 Å². The third-order valence-corrected chi connectivity index (χ3v) is 4.73. The van der Waals surface area contributed by atoms with Crippen LogP contribution in [0.3, 0.4) is 0 Å². The summed E-state index contributed by atoms with van der Waals surface area (Å²) in [5.74, 6) is 0. The molecule has 0 radical (unpaired) electrons. The molecule has 1 heterocycles. The fraction of sp³-hybridized carbons (Fsp3) is 0.786. The van der Waals surface area contributed by atoms with Crippen LogP contribution in [0.5, 0.6) is 0 Å². The maximum atomic E-state index is 10.5. The van der Waals surface area contributed by atoms with E-state index in [1.54, 1.807) is 7.11 Å². The van der Waals surface area contributed by atoms with Crippen molar-refractivity contribution in [2.24, 2.45) is 0 Å². The van der Waals surface area contributed by atoms with Crippen molar-refractivity contribution in [3.8, 4) is 0 Å². The molecule has 0 bridgehead atoms. The molecule has 1 aromatic heterocycles. The standard InChI is InChI=1S/C14H23ClN2O2/c1-4-10-13(15)11(17(5-2)16-10)9-12(18)14(19-3)7-6-8-14/h12,18H,4-9H2,1-3H3. The van der Waals surface area contributed by atoms with Crippen molar-refractivity contribution >= 4 is 11.6 Å². The number of hydrogen-bond acceptors (Lipinski definition) is 3. The number of rotatable bonds is 6. The molecule has 1 atom stereocenters. The van der Waals surface area contributed by atoms with E-state index >= 15 is 0 Å². The van der Waals surface area contributed by atoms with Crippen molar-refractivity contribution in [2.45, 2.75) is 64.2 Å². The number of hydrogen-bond donors (Lipinski definition) is 1. The van der Waals surface area contributed by atoms with E-state index < -0.39 is 6.10 Å². The zero-order chi connectivity index (χ0) is 14.0. The molecule has 2 rings (SSSR count). The first-order chi connectivity index (χ1) is 9.07. The minimum absolute atomic E-state index is 0.376. The molecule has 1 saturated carbocycles. The molecule has 1 N–H and O–H groups in total. The second-order valence-corrected chi connectivity index (χ2v) is 5.60. The zero-order valence-electron chi connectivity index (χ0n) is 11.9. The van der Waals surface area contributed by atoms with Crippen molar-refractivity contribution < 1.29 is 9.84 Å². The minimum atomic E-state index is -0.518. The van der Waals surface area contributed by atoms with Crippen molar-refractivity contribution in [3.05, 3.63) is 16.4 Å². The monoisotopic (exact) mass is 286 g/mol. The second-order valence-electron chi connectivity index (χ2n) is 5.22. The van der Waals surface area contributed by atoms with Gasteiger partial charge in [0, 0.05) is 20.1 Å². The van der Waals surface area contributed by atoms with Crippen LogP contribution in [0.4, 0.5) is 0 Å². The summed E-state index contributed by atoms with van der Waals surface area (Å²) in [6, 6.07) is 0. The van der Waals surface area contributed by atoms with Gasteiger partial charge in [-0.05, 0) is 32.6 Å². The first-order valence-electron chi connectivity index (χ1n) is 7.05. The van der Waals surface area contributed by atoms with Crippen LogP contribution in [0.15, 0.2) is 0 Å². The molecule has 0 saturated heterocycles. The number of aromatic nitrogens is 2. The Labute approximate surface area is 119 Å². The first-order valence-corrected chi connectivity index (χ1v) is 7.43. The summed E-state index contributed by atoms with van der Waals surface area (Å²) < 4.78 is 7.43. The van der Waals surface area contributed by atoms with Crippen LogP contribution in [0, 0.1) is 0 Å². The molecule has 0 amide bonds. The summed E-state index contributed by atoms with van der Waals surface area (Å²) in [6.45, 7) is 4.84. The molecule has 1 unspecified atom stereocenters. The fourth-order valence-electron chi connectivity index (χ4n) is 2.78. The first kappa shape index (κ1) is 14.8. The molecule has 1 fully saturated rings. The number of halogens is 1. The van der Waals surface area contributed by atoms with Crippen molar-refractivity contribution in [3.63, 3.8) is 0 Å². The topological polar surface area (TPSA) is 47.3 Å². The lowest BCUT2D eigenvalue weighted by molar-refractivity contribution is -0.149. The number of ether oxygens (including phenoxy) is 1. The summed E-state index contributed by atoms with van der Waals surface area (Å²) in [5.41, 5.74) is 1.46. The van der Waals surface area contributed by atoms with E-state index in [9.17, 15) is 5.11 Å². The smallest absolute Gasteiger partial charge is 0.0940 e. The van der Waals surface area contributed by atoms with E-state index in [1.807, 2.05) is 18.5 Å². The average molecular weight is 287 g/mol. The Balaban J connectivity index is 2.20. The van der Waals surface area contributed by atoms with Gasteiger partial charge >= 0.3 is 0 Å². The molecule has 5 heteroatoms. The highest BCUT2D eigenvalue weighted by Crippen LogP contribution is 2.39. The summed E-state index contributed by atoms with van der Waals surface area (Å²) in [5, 5.41) is 15.7. The van der Waals surface area contributed by atoms with Gasteiger partial charge in [-0.1, -0.05) is 18.5 Å². The number of nitrogens with zero attached hydrogens (tertiary/aromatic N) is 2. The van der Waals surface area contributed by atoms with Gasteiger partial charge in [0.05, 0.1) is 28.1 Å².